The third-order valence-electron chi connectivity index (χ3n) is 1.42. The molecule has 4 nitrogen and oxygen atoms in total. The van der Waals surface area contributed by atoms with Crippen LogP contribution in [-0.4, -0.2) is 18.4 Å². The van der Waals surface area contributed by atoms with Crippen LogP contribution >= 0.6 is 0 Å². The van der Waals surface area contributed by atoms with Crippen molar-refractivity contribution in [2.45, 2.75) is 13.3 Å². The number of hydrogen-bond donors (Lipinski definition) is 0. The largest absolute Gasteiger partial charge is 0.469 e. The first-order valence-corrected chi connectivity index (χ1v) is 3.96. The Bertz CT molecular complexity index is 287. The van der Waals surface area contributed by atoms with E-state index in [4.69, 9.17) is 4.42 Å². The van der Waals surface area contributed by atoms with Crippen LogP contribution in [0.25, 0.3) is 0 Å². The van der Waals surface area contributed by atoms with E-state index in [0.29, 0.717) is 5.76 Å². The molecule has 0 amide bonds. The van der Waals surface area contributed by atoms with Crippen molar-refractivity contribution in [1.29, 1.82) is 0 Å². The highest BCUT2D eigenvalue weighted by Crippen LogP contribution is 2.01. The fourth-order valence-corrected chi connectivity index (χ4v) is 0.855. The lowest BCUT2D eigenvalue weighted by molar-refractivity contribution is -0.153. The maximum atomic E-state index is 11.1. The Balaban J connectivity index is 2.46. The van der Waals surface area contributed by atoms with Gasteiger partial charge >= 0.3 is 5.97 Å². The summed E-state index contributed by atoms with van der Waals surface area (Å²) in [6.45, 7) is 1.86. The summed E-state index contributed by atoms with van der Waals surface area (Å²) in [5, 5.41) is 0. The maximum absolute atomic E-state index is 11.1. The zero-order chi connectivity index (χ0) is 9.68. The fraction of sp³-hybridized carbons (Fsp3) is 0.333. The summed E-state index contributed by atoms with van der Waals surface area (Å²) in [6, 6.07) is 3.30. The molecular formula is C9H10O4. The Kier molecular flexibility index (Phi) is 3.25. The van der Waals surface area contributed by atoms with Crippen LogP contribution in [0.1, 0.15) is 12.7 Å². The van der Waals surface area contributed by atoms with Crippen LogP contribution in [0.3, 0.4) is 0 Å². The first-order valence-electron chi connectivity index (χ1n) is 3.96. The second-order valence-corrected chi connectivity index (χ2v) is 2.40. The van der Waals surface area contributed by atoms with Gasteiger partial charge in [-0.2, -0.15) is 0 Å². The van der Waals surface area contributed by atoms with Gasteiger partial charge in [0.25, 0.3) is 0 Å². The van der Waals surface area contributed by atoms with Gasteiger partial charge in [-0.25, -0.2) is 4.79 Å². The van der Waals surface area contributed by atoms with Crippen LogP contribution in [0, 0.1) is 0 Å². The van der Waals surface area contributed by atoms with Gasteiger partial charge in [0, 0.05) is 0 Å². The Morgan fingerprint density at radius 3 is 2.85 bits per heavy atom. The van der Waals surface area contributed by atoms with Crippen LogP contribution in [-0.2, 0) is 20.7 Å². The molecule has 0 spiro atoms. The fourth-order valence-electron chi connectivity index (χ4n) is 0.855. The van der Waals surface area contributed by atoms with Crippen molar-refractivity contribution in [3.05, 3.63) is 24.2 Å². The molecule has 0 radical (unpaired) electrons. The van der Waals surface area contributed by atoms with Crippen molar-refractivity contribution in [1.82, 2.24) is 0 Å². The molecule has 1 aromatic rings. The number of hydrogen-bond acceptors (Lipinski definition) is 4. The summed E-state index contributed by atoms with van der Waals surface area (Å²) >= 11 is 0. The highest BCUT2D eigenvalue weighted by atomic mass is 16.5. The van der Waals surface area contributed by atoms with Crippen LogP contribution in [0.5, 0.6) is 0 Å². The van der Waals surface area contributed by atoms with Gasteiger partial charge in [-0.15, -0.1) is 0 Å². The molecule has 4 heteroatoms. The van der Waals surface area contributed by atoms with Crippen molar-refractivity contribution in [3.8, 4) is 0 Å². The third kappa shape index (κ3) is 2.74. The minimum atomic E-state index is -0.807. The predicted molar refractivity (Wildman–Crippen MR) is 44.1 cm³/mol. The van der Waals surface area contributed by atoms with Gasteiger partial charge in [0.1, 0.15) is 5.76 Å². The summed E-state index contributed by atoms with van der Waals surface area (Å²) < 4.78 is 9.43. The second kappa shape index (κ2) is 4.45. The monoisotopic (exact) mass is 182 g/mol. The number of ketones is 1. The number of rotatable bonds is 4. The molecule has 0 atom stereocenters. The van der Waals surface area contributed by atoms with E-state index in [1.54, 1.807) is 19.1 Å². The molecule has 0 aliphatic carbocycles. The van der Waals surface area contributed by atoms with E-state index in [9.17, 15) is 9.59 Å². The molecule has 13 heavy (non-hydrogen) atoms. The Labute approximate surface area is 75.5 Å². The van der Waals surface area contributed by atoms with E-state index in [1.807, 2.05) is 0 Å². The van der Waals surface area contributed by atoms with Gasteiger partial charge in [0.2, 0.25) is 5.78 Å². The Morgan fingerprint density at radius 2 is 2.31 bits per heavy atom. The molecule has 0 unspecified atom stereocenters. The molecule has 0 aliphatic heterocycles. The highest BCUT2D eigenvalue weighted by molar-refractivity contribution is 6.34. The average Bonchev–Trinajstić information content (AvgIpc) is 2.57. The number of esters is 1. The first-order chi connectivity index (χ1) is 6.24. The topological polar surface area (TPSA) is 56.5 Å². The van der Waals surface area contributed by atoms with E-state index >= 15 is 0 Å². The van der Waals surface area contributed by atoms with Crippen molar-refractivity contribution < 1.29 is 18.7 Å². The van der Waals surface area contributed by atoms with E-state index in [-0.39, 0.29) is 13.0 Å². The molecule has 0 saturated heterocycles. The van der Waals surface area contributed by atoms with Crippen molar-refractivity contribution >= 4 is 11.8 Å². The van der Waals surface area contributed by atoms with E-state index in [1.165, 1.54) is 6.26 Å². The standard InChI is InChI=1S/C9H10O4/c1-2-12-9(11)8(10)6-7-4-3-5-13-7/h3-5H,2,6H2,1H3. The molecule has 0 aliphatic rings. The summed E-state index contributed by atoms with van der Waals surface area (Å²) in [7, 11) is 0. The molecule has 0 N–H and O–H groups in total. The molecule has 0 bridgehead atoms. The molecule has 0 aromatic carbocycles. The van der Waals surface area contributed by atoms with Gasteiger partial charge in [-0.1, -0.05) is 0 Å². The van der Waals surface area contributed by atoms with Crippen molar-refractivity contribution in [3.63, 3.8) is 0 Å². The molecule has 1 aromatic heterocycles. The van der Waals surface area contributed by atoms with E-state index in [0.717, 1.165) is 0 Å². The highest BCUT2D eigenvalue weighted by Gasteiger charge is 2.16. The molecule has 1 heterocycles. The smallest absolute Gasteiger partial charge is 0.375 e. The lowest BCUT2D eigenvalue weighted by Crippen LogP contribution is -2.19. The third-order valence-corrected chi connectivity index (χ3v) is 1.42. The summed E-state index contributed by atoms with van der Waals surface area (Å²) in [6.07, 6.45) is 1.42. The molecule has 70 valence electrons. The van der Waals surface area contributed by atoms with Gasteiger partial charge in [0.05, 0.1) is 19.3 Å². The van der Waals surface area contributed by atoms with Crippen molar-refractivity contribution in [2.24, 2.45) is 0 Å². The van der Waals surface area contributed by atoms with Crippen molar-refractivity contribution in [2.75, 3.05) is 6.61 Å². The van der Waals surface area contributed by atoms with Crippen LogP contribution in [0.4, 0.5) is 0 Å². The maximum Gasteiger partial charge on any atom is 0.375 e. The lowest BCUT2D eigenvalue weighted by Gasteiger charge is -1.98. The zero-order valence-electron chi connectivity index (χ0n) is 7.28. The van der Waals surface area contributed by atoms with Gasteiger partial charge in [0.15, 0.2) is 0 Å². The number of carbonyl (C=O) groups is 2. The minimum absolute atomic E-state index is 0.0359. The summed E-state index contributed by atoms with van der Waals surface area (Å²) in [4.78, 5) is 21.9. The quantitative estimate of drug-likeness (QED) is 0.514. The Morgan fingerprint density at radius 1 is 1.54 bits per heavy atom. The first kappa shape index (κ1) is 9.51. The number of carbonyl (C=O) groups excluding carboxylic acids is 2. The van der Waals surface area contributed by atoms with Gasteiger partial charge < -0.3 is 9.15 Å². The second-order valence-electron chi connectivity index (χ2n) is 2.40. The SMILES string of the molecule is CCOC(=O)C(=O)Cc1ccco1. The normalized spacial score (nSPS) is 9.62. The molecule has 0 fully saturated rings. The summed E-state index contributed by atoms with van der Waals surface area (Å²) in [5.41, 5.74) is 0. The zero-order valence-corrected chi connectivity index (χ0v) is 7.28. The van der Waals surface area contributed by atoms with Crippen LogP contribution in [0.15, 0.2) is 22.8 Å². The van der Waals surface area contributed by atoms with Gasteiger partial charge in [-0.05, 0) is 19.1 Å². The number of Topliss-reactive ketones (excluding diaryl/α,β-unsaturated/α-hetero) is 1. The number of furan rings is 1. The van der Waals surface area contributed by atoms with E-state index < -0.39 is 11.8 Å². The Hall–Kier alpha value is -1.58. The summed E-state index contributed by atoms with van der Waals surface area (Å²) in [5.74, 6) is -0.922. The van der Waals surface area contributed by atoms with Gasteiger partial charge in [-0.3, -0.25) is 4.79 Å². The predicted octanol–water partition coefficient (Wildman–Crippen LogP) is 0.954. The average molecular weight is 182 g/mol. The van der Waals surface area contributed by atoms with E-state index in [2.05, 4.69) is 4.74 Å². The minimum Gasteiger partial charge on any atom is -0.469 e. The number of ether oxygens (including phenoxy) is 1. The van der Waals surface area contributed by atoms with Crippen LogP contribution < -0.4 is 0 Å². The van der Waals surface area contributed by atoms with Crippen LogP contribution in [0.2, 0.25) is 0 Å². The molecular weight excluding hydrogens is 172 g/mol. The molecule has 1 rings (SSSR count). The lowest BCUT2D eigenvalue weighted by atomic mass is 10.2. The molecule has 0 saturated carbocycles.